The van der Waals surface area contributed by atoms with Crippen LogP contribution in [0.4, 0.5) is 0 Å². The quantitative estimate of drug-likeness (QED) is 0.820. The Kier molecular flexibility index (Phi) is 4.87. The molecular weight excluding hydrogens is 370 g/mol. The molecule has 3 saturated heterocycles. The summed E-state index contributed by atoms with van der Waals surface area (Å²) >= 11 is 0. The Balaban J connectivity index is 1.34. The number of aromatic nitrogens is 2. The van der Waals surface area contributed by atoms with Crippen molar-refractivity contribution in [3.63, 3.8) is 0 Å². The first-order chi connectivity index (χ1) is 14.2. The molecule has 8 heteroatoms. The van der Waals surface area contributed by atoms with Gasteiger partial charge in [0.15, 0.2) is 12.1 Å². The average molecular weight is 397 g/mol. The number of likely N-dealkylation sites (tertiary alicyclic amines) is 1. The van der Waals surface area contributed by atoms with E-state index in [1.54, 1.807) is 12.3 Å². The van der Waals surface area contributed by atoms with Gasteiger partial charge in [0.25, 0.3) is 11.8 Å². The predicted octanol–water partition coefficient (Wildman–Crippen LogP) is 1.75. The third-order valence-electron chi connectivity index (χ3n) is 6.87. The highest BCUT2D eigenvalue weighted by Crippen LogP contribution is 2.41. The van der Waals surface area contributed by atoms with Crippen molar-refractivity contribution in [2.75, 3.05) is 26.2 Å². The molecule has 5 rings (SSSR count). The molecule has 3 aliphatic rings. The molecule has 0 aromatic carbocycles. The standard InChI is InChI=1S/C21H27N5O3/c27-20(16-4-3-6-22-16)23-9-19-15-8-14(18-5-1-2-7-26(18)19)10-25(11-15)21(28)17-12-29-13-24-17/h3-4,6,12-15,18-19,22H,1-2,5,7-11H2,(H,23,27)/t14-,15+,18+,19+/m1/s1. The largest absolute Gasteiger partial charge is 0.451 e. The number of rotatable bonds is 4. The van der Waals surface area contributed by atoms with E-state index >= 15 is 0 Å². The van der Waals surface area contributed by atoms with Gasteiger partial charge < -0.3 is 19.6 Å². The molecule has 3 fully saturated rings. The van der Waals surface area contributed by atoms with Crippen molar-refractivity contribution in [1.29, 1.82) is 0 Å². The van der Waals surface area contributed by atoms with Gasteiger partial charge in [0.05, 0.1) is 0 Å². The van der Waals surface area contributed by atoms with Crippen LogP contribution in [-0.4, -0.2) is 69.8 Å². The smallest absolute Gasteiger partial charge is 0.275 e. The first-order valence-electron chi connectivity index (χ1n) is 10.6. The van der Waals surface area contributed by atoms with Crippen molar-refractivity contribution in [1.82, 2.24) is 25.1 Å². The molecule has 3 aliphatic heterocycles. The average Bonchev–Trinajstić information content (AvgIpc) is 3.47. The molecule has 2 aromatic rings. The van der Waals surface area contributed by atoms with E-state index in [4.69, 9.17) is 4.42 Å². The normalized spacial score (nSPS) is 29.3. The summed E-state index contributed by atoms with van der Waals surface area (Å²) in [5.41, 5.74) is 0.961. The van der Waals surface area contributed by atoms with Crippen molar-refractivity contribution in [3.8, 4) is 0 Å². The van der Waals surface area contributed by atoms with Crippen molar-refractivity contribution >= 4 is 11.8 Å². The Bertz CT molecular complexity index is 850. The lowest BCUT2D eigenvalue weighted by molar-refractivity contribution is -0.0632. The molecular formula is C21H27N5O3. The van der Waals surface area contributed by atoms with Crippen LogP contribution in [0, 0.1) is 11.8 Å². The molecule has 0 aliphatic carbocycles. The van der Waals surface area contributed by atoms with E-state index in [2.05, 4.69) is 20.2 Å². The van der Waals surface area contributed by atoms with E-state index in [0.717, 1.165) is 19.5 Å². The Labute approximate surface area is 169 Å². The van der Waals surface area contributed by atoms with Gasteiger partial charge in [0.1, 0.15) is 12.0 Å². The lowest BCUT2D eigenvalue weighted by Crippen LogP contribution is -2.66. The summed E-state index contributed by atoms with van der Waals surface area (Å²) < 4.78 is 5.01. The molecule has 0 unspecified atom stereocenters. The van der Waals surface area contributed by atoms with E-state index in [-0.39, 0.29) is 17.9 Å². The number of oxazole rings is 1. The molecule has 4 atom stereocenters. The zero-order chi connectivity index (χ0) is 19.8. The van der Waals surface area contributed by atoms with Crippen LogP contribution in [0.5, 0.6) is 0 Å². The highest BCUT2D eigenvalue weighted by molar-refractivity contribution is 5.92. The number of nitrogens with zero attached hydrogens (tertiary/aromatic N) is 3. The summed E-state index contributed by atoms with van der Waals surface area (Å²) in [4.78, 5) is 36.9. The topological polar surface area (TPSA) is 94.5 Å². The molecule has 2 N–H and O–H groups in total. The van der Waals surface area contributed by atoms with Gasteiger partial charge in [-0.1, -0.05) is 6.42 Å². The molecule has 29 heavy (non-hydrogen) atoms. The molecule has 2 amide bonds. The van der Waals surface area contributed by atoms with Gasteiger partial charge in [-0.25, -0.2) is 4.98 Å². The molecule has 154 valence electrons. The first-order valence-corrected chi connectivity index (χ1v) is 10.6. The fourth-order valence-electron chi connectivity index (χ4n) is 5.60. The van der Waals surface area contributed by atoms with E-state index in [1.165, 1.54) is 31.9 Å². The van der Waals surface area contributed by atoms with Gasteiger partial charge >= 0.3 is 0 Å². The maximum absolute atomic E-state index is 12.9. The minimum Gasteiger partial charge on any atom is -0.451 e. The Hall–Kier alpha value is -2.61. The number of hydrogen-bond acceptors (Lipinski definition) is 5. The number of hydrogen-bond donors (Lipinski definition) is 2. The minimum atomic E-state index is -0.0722. The molecule has 0 saturated carbocycles. The lowest BCUT2D eigenvalue weighted by atomic mass is 9.72. The summed E-state index contributed by atoms with van der Waals surface area (Å²) in [5, 5.41) is 3.12. The highest BCUT2D eigenvalue weighted by Gasteiger charge is 2.48. The molecule has 2 bridgehead atoms. The second-order valence-corrected chi connectivity index (χ2v) is 8.50. The third-order valence-corrected chi connectivity index (χ3v) is 6.87. The fraction of sp³-hybridized carbons (Fsp3) is 0.571. The minimum absolute atomic E-state index is 0.0492. The summed E-state index contributed by atoms with van der Waals surface area (Å²) in [6, 6.07) is 4.35. The van der Waals surface area contributed by atoms with Crippen molar-refractivity contribution in [2.45, 2.75) is 37.8 Å². The van der Waals surface area contributed by atoms with E-state index in [1.807, 2.05) is 11.0 Å². The summed E-state index contributed by atoms with van der Waals surface area (Å²) in [6.07, 6.45) is 9.22. The first kappa shape index (κ1) is 18.4. The Morgan fingerprint density at radius 1 is 1.28 bits per heavy atom. The number of piperidine rings is 3. The second-order valence-electron chi connectivity index (χ2n) is 8.50. The van der Waals surface area contributed by atoms with Crippen LogP contribution >= 0.6 is 0 Å². The van der Waals surface area contributed by atoms with Gasteiger partial charge in [0.2, 0.25) is 0 Å². The fourth-order valence-corrected chi connectivity index (χ4v) is 5.60. The zero-order valence-corrected chi connectivity index (χ0v) is 16.4. The molecule has 5 heterocycles. The number of carbonyl (C=O) groups excluding carboxylic acids is 2. The predicted molar refractivity (Wildman–Crippen MR) is 105 cm³/mol. The van der Waals surface area contributed by atoms with Gasteiger partial charge in [-0.05, 0) is 49.8 Å². The summed E-state index contributed by atoms with van der Waals surface area (Å²) in [7, 11) is 0. The van der Waals surface area contributed by atoms with E-state index in [0.29, 0.717) is 42.4 Å². The number of aromatic amines is 1. The molecule has 0 spiro atoms. The number of carbonyl (C=O) groups is 2. The lowest BCUT2D eigenvalue weighted by Gasteiger charge is -2.56. The van der Waals surface area contributed by atoms with Gasteiger partial charge in [-0.15, -0.1) is 0 Å². The van der Waals surface area contributed by atoms with E-state index in [9.17, 15) is 9.59 Å². The SMILES string of the molecule is O=C(NC[C@H]1[C@H]2C[C@H](CN(C(=O)c3cocn3)C2)[C@@H]2CCCCN21)c1ccc[nH]1. The zero-order valence-electron chi connectivity index (χ0n) is 16.4. The van der Waals surface area contributed by atoms with Crippen LogP contribution in [-0.2, 0) is 0 Å². The maximum Gasteiger partial charge on any atom is 0.275 e. The number of fused-ring (bicyclic) bond motifs is 4. The maximum atomic E-state index is 12.9. The third kappa shape index (κ3) is 3.46. The van der Waals surface area contributed by atoms with Crippen LogP contribution < -0.4 is 5.32 Å². The summed E-state index contributed by atoms with van der Waals surface area (Å²) in [5.74, 6) is 0.715. The van der Waals surface area contributed by atoms with Crippen molar-refractivity contribution in [2.24, 2.45) is 11.8 Å². The highest BCUT2D eigenvalue weighted by atomic mass is 16.3. The monoisotopic (exact) mass is 397 g/mol. The number of H-pyrrole nitrogens is 1. The van der Waals surface area contributed by atoms with Gasteiger partial charge in [0, 0.05) is 37.9 Å². The van der Waals surface area contributed by atoms with Crippen LogP contribution in [0.3, 0.4) is 0 Å². The van der Waals surface area contributed by atoms with E-state index < -0.39 is 0 Å². The Morgan fingerprint density at radius 2 is 2.17 bits per heavy atom. The molecule has 8 nitrogen and oxygen atoms in total. The van der Waals surface area contributed by atoms with Crippen LogP contribution in [0.2, 0.25) is 0 Å². The molecule has 0 radical (unpaired) electrons. The van der Waals surface area contributed by atoms with Crippen molar-refractivity contribution < 1.29 is 14.0 Å². The van der Waals surface area contributed by atoms with Crippen LogP contribution in [0.1, 0.15) is 46.7 Å². The Morgan fingerprint density at radius 3 is 2.97 bits per heavy atom. The summed E-state index contributed by atoms with van der Waals surface area (Å²) in [6.45, 7) is 3.18. The van der Waals surface area contributed by atoms with Crippen LogP contribution in [0.25, 0.3) is 0 Å². The van der Waals surface area contributed by atoms with Gasteiger partial charge in [-0.3, -0.25) is 14.5 Å². The number of amides is 2. The second kappa shape index (κ2) is 7.67. The molecule has 2 aromatic heterocycles. The van der Waals surface area contributed by atoms with Gasteiger partial charge in [-0.2, -0.15) is 0 Å². The van der Waals surface area contributed by atoms with Crippen molar-refractivity contribution in [3.05, 3.63) is 42.4 Å². The van der Waals surface area contributed by atoms with Crippen LogP contribution in [0.15, 0.2) is 35.4 Å². The number of nitrogens with one attached hydrogen (secondary N) is 2.